The van der Waals surface area contributed by atoms with Crippen LogP contribution in [-0.2, 0) is 16.1 Å². The summed E-state index contributed by atoms with van der Waals surface area (Å²) in [6.07, 6.45) is 0. The Labute approximate surface area is 130 Å². The van der Waals surface area contributed by atoms with Gasteiger partial charge in [-0.25, -0.2) is 9.78 Å². The number of nitrogens with one attached hydrogen (secondary N) is 2. The normalized spacial score (nSPS) is 10.6. The molecule has 0 aliphatic heterocycles. The highest BCUT2D eigenvalue weighted by Crippen LogP contribution is 2.18. The number of carbonyl (C=O) groups is 2. The van der Waals surface area contributed by atoms with E-state index in [0.717, 1.165) is 10.9 Å². The number of ether oxygens (including phenoxy) is 1. The molecule has 2 aromatic heterocycles. The van der Waals surface area contributed by atoms with Crippen LogP contribution in [-0.4, -0.2) is 21.8 Å². The molecule has 2 heterocycles. The summed E-state index contributed by atoms with van der Waals surface area (Å²) >= 11 is 1.29. The van der Waals surface area contributed by atoms with Crippen LogP contribution in [0, 0.1) is 0 Å². The van der Waals surface area contributed by atoms with E-state index < -0.39 is 5.97 Å². The van der Waals surface area contributed by atoms with Crippen molar-refractivity contribution < 1.29 is 14.3 Å². The number of nitrogens with zero attached hydrogens (tertiary/aromatic N) is 1. The number of hydrogen-bond donors (Lipinski definition) is 2. The smallest absolute Gasteiger partial charge is 0.355 e. The fourth-order valence-electron chi connectivity index (χ4n) is 1.98. The molecule has 112 valence electrons. The number of aromatic amines is 1. The first-order valence-electron chi connectivity index (χ1n) is 6.59. The minimum absolute atomic E-state index is 0.0598. The molecule has 22 heavy (non-hydrogen) atoms. The molecule has 0 unspecified atom stereocenters. The Balaban J connectivity index is 1.64. The predicted molar refractivity (Wildman–Crippen MR) is 83.8 cm³/mol. The van der Waals surface area contributed by atoms with Crippen molar-refractivity contribution in [2.45, 2.75) is 13.5 Å². The van der Waals surface area contributed by atoms with E-state index in [9.17, 15) is 9.59 Å². The minimum atomic E-state index is -0.440. The Hall–Kier alpha value is -2.67. The van der Waals surface area contributed by atoms with Crippen molar-refractivity contribution in [3.8, 4) is 0 Å². The Morgan fingerprint density at radius 3 is 2.95 bits per heavy atom. The molecule has 0 spiro atoms. The van der Waals surface area contributed by atoms with Gasteiger partial charge in [-0.15, -0.1) is 11.3 Å². The van der Waals surface area contributed by atoms with E-state index in [1.807, 2.05) is 24.3 Å². The molecule has 3 aromatic rings. The number of amides is 1. The van der Waals surface area contributed by atoms with Gasteiger partial charge in [0.2, 0.25) is 5.91 Å². The van der Waals surface area contributed by atoms with Crippen LogP contribution in [0.4, 0.5) is 5.13 Å². The van der Waals surface area contributed by atoms with Crippen LogP contribution in [0.25, 0.3) is 10.9 Å². The first-order valence-corrected chi connectivity index (χ1v) is 7.46. The summed E-state index contributed by atoms with van der Waals surface area (Å²) in [7, 11) is 0. The number of carbonyl (C=O) groups excluding carboxylic acids is 2. The van der Waals surface area contributed by atoms with Gasteiger partial charge in [0.25, 0.3) is 0 Å². The fourth-order valence-corrected chi connectivity index (χ4v) is 2.72. The first-order chi connectivity index (χ1) is 10.6. The maximum atomic E-state index is 12.0. The highest BCUT2D eigenvalue weighted by atomic mass is 32.1. The monoisotopic (exact) mass is 315 g/mol. The molecular formula is C15H13N3O3S. The lowest BCUT2D eigenvalue weighted by atomic mass is 10.2. The highest BCUT2D eigenvalue weighted by molar-refractivity contribution is 7.13. The number of aromatic nitrogens is 2. The SMILES string of the molecule is CC(=O)Nc1nc(COC(=O)c2cc3ccccc3[nH]2)cs1. The van der Waals surface area contributed by atoms with Crippen LogP contribution in [0.5, 0.6) is 0 Å². The number of hydrogen-bond acceptors (Lipinski definition) is 5. The number of thiazole rings is 1. The zero-order chi connectivity index (χ0) is 15.5. The van der Waals surface area contributed by atoms with Crippen molar-refractivity contribution in [2.24, 2.45) is 0 Å². The molecular weight excluding hydrogens is 302 g/mol. The molecule has 6 nitrogen and oxygen atoms in total. The quantitative estimate of drug-likeness (QED) is 0.725. The van der Waals surface area contributed by atoms with Gasteiger partial charge in [-0.2, -0.15) is 0 Å². The lowest BCUT2D eigenvalue weighted by Crippen LogP contribution is -2.07. The summed E-state index contributed by atoms with van der Waals surface area (Å²) in [6.45, 7) is 1.47. The van der Waals surface area contributed by atoms with Crippen LogP contribution in [0.1, 0.15) is 23.1 Å². The average molecular weight is 315 g/mol. The molecule has 0 saturated carbocycles. The maximum Gasteiger partial charge on any atom is 0.355 e. The molecule has 7 heteroatoms. The van der Waals surface area contributed by atoms with Gasteiger partial charge < -0.3 is 15.0 Å². The highest BCUT2D eigenvalue weighted by Gasteiger charge is 2.12. The van der Waals surface area contributed by atoms with Crippen molar-refractivity contribution in [1.82, 2.24) is 9.97 Å². The number of benzene rings is 1. The predicted octanol–water partition coefficient (Wildman–Crippen LogP) is 2.94. The lowest BCUT2D eigenvalue weighted by molar-refractivity contribution is -0.114. The fraction of sp³-hybridized carbons (Fsp3) is 0.133. The molecule has 1 aromatic carbocycles. The Bertz CT molecular complexity index is 804. The minimum Gasteiger partial charge on any atom is -0.454 e. The van der Waals surface area contributed by atoms with E-state index in [-0.39, 0.29) is 12.5 Å². The number of H-pyrrole nitrogens is 1. The van der Waals surface area contributed by atoms with Gasteiger partial charge in [-0.05, 0) is 12.1 Å². The average Bonchev–Trinajstić information content (AvgIpc) is 3.10. The summed E-state index contributed by atoms with van der Waals surface area (Å²) in [6, 6.07) is 9.37. The van der Waals surface area contributed by atoms with Crippen molar-refractivity contribution in [3.63, 3.8) is 0 Å². The summed E-state index contributed by atoms with van der Waals surface area (Å²) in [5.74, 6) is -0.624. The largest absolute Gasteiger partial charge is 0.454 e. The van der Waals surface area contributed by atoms with Crippen LogP contribution in [0.3, 0.4) is 0 Å². The number of fused-ring (bicyclic) bond motifs is 1. The molecule has 3 rings (SSSR count). The zero-order valence-corrected chi connectivity index (χ0v) is 12.6. The van der Waals surface area contributed by atoms with Gasteiger partial charge in [-0.1, -0.05) is 18.2 Å². The molecule has 0 bridgehead atoms. The lowest BCUT2D eigenvalue weighted by Gasteiger charge is -2.00. The topological polar surface area (TPSA) is 84.1 Å². The van der Waals surface area contributed by atoms with Gasteiger partial charge in [0.15, 0.2) is 5.13 Å². The third-order valence-corrected chi connectivity index (χ3v) is 3.74. The van der Waals surface area contributed by atoms with Crippen LogP contribution in [0.2, 0.25) is 0 Å². The summed E-state index contributed by atoms with van der Waals surface area (Å²) in [5, 5.41) is 5.77. The van der Waals surface area contributed by atoms with Crippen molar-refractivity contribution in [2.75, 3.05) is 5.32 Å². The van der Waals surface area contributed by atoms with E-state index in [1.54, 1.807) is 11.4 Å². The number of para-hydroxylation sites is 1. The van der Waals surface area contributed by atoms with Gasteiger partial charge in [0, 0.05) is 23.2 Å². The number of anilines is 1. The second-order valence-corrected chi connectivity index (χ2v) is 5.53. The van der Waals surface area contributed by atoms with E-state index in [1.165, 1.54) is 18.3 Å². The molecule has 0 atom stereocenters. The van der Waals surface area contributed by atoms with Gasteiger partial charge >= 0.3 is 5.97 Å². The van der Waals surface area contributed by atoms with E-state index >= 15 is 0 Å². The van der Waals surface area contributed by atoms with Crippen LogP contribution < -0.4 is 5.32 Å². The third kappa shape index (κ3) is 3.15. The van der Waals surface area contributed by atoms with Crippen LogP contribution in [0.15, 0.2) is 35.7 Å². The summed E-state index contributed by atoms with van der Waals surface area (Å²) < 4.78 is 5.22. The molecule has 0 saturated heterocycles. The molecule has 2 N–H and O–H groups in total. The number of esters is 1. The van der Waals surface area contributed by atoms with Crippen molar-refractivity contribution >= 4 is 39.2 Å². The Kier molecular flexibility index (Phi) is 3.88. The maximum absolute atomic E-state index is 12.0. The molecule has 1 amide bonds. The van der Waals surface area contributed by atoms with E-state index in [2.05, 4.69) is 15.3 Å². The molecule has 0 fully saturated rings. The van der Waals surface area contributed by atoms with Crippen LogP contribution >= 0.6 is 11.3 Å². The van der Waals surface area contributed by atoms with Gasteiger partial charge in [0.1, 0.15) is 12.3 Å². The first kappa shape index (κ1) is 14.3. The third-order valence-electron chi connectivity index (χ3n) is 2.94. The van der Waals surface area contributed by atoms with Crippen molar-refractivity contribution in [1.29, 1.82) is 0 Å². The van der Waals surface area contributed by atoms with Crippen molar-refractivity contribution in [3.05, 3.63) is 47.1 Å². The van der Waals surface area contributed by atoms with Gasteiger partial charge in [0.05, 0.1) is 5.69 Å². The Morgan fingerprint density at radius 2 is 2.18 bits per heavy atom. The standard InChI is InChI=1S/C15H13N3O3S/c1-9(19)16-15-17-11(8-22-15)7-21-14(20)13-6-10-4-2-3-5-12(10)18-13/h2-6,8,18H,7H2,1H3,(H,16,17,19). The zero-order valence-electron chi connectivity index (χ0n) is 11.8. The molecule has 0 aliphatic rings. The Morgan fingerprint density at radius 1 is 1.36 bits per heavy atom. The second-order valence-electron chi connectivity index (χ2n) is 4.67. The summed E-state index contributed by atoms with van der Waals surface area (Å²) in [5.41, 5.74) is 1.88. The summed E-state index contributed by atoms with van der Waals surface area (Å²) in [4.78, 5) is 30.1. The van der Waals surface area contributed by atoms with E-state index in [4.69, 9.17) is 4.74 Å². The number of rotatable bonds is 4. The molecule has 0 radical (unpaired) electrons. The van der Waals surface area contributed by atoms with E-state index in [0.29, 0.717) is 16.5 Å². The van der Waals surface area contributed by atoms with Gasteiger partial charge in [-0.3, -0.25) is 4.79 Å². The second kappa shape index (κ2) is 5.98. The molecule has 0 aliphatic carbocycles.